The third-order valence-corrected chi connectivity index (χ3v) is 7.60. The summed E-state index contributed by atoms with van der Waals surface area (Å²) in [5.41, 5.74) is 4.75. The summed E-state index contributed by atoms with van der Waals surface area (Å²) in [6.07, 6.45) is -0.454. The lowest BCUT2D eigenvalue weighted by atomic mass is 9.87. The topological polar surface area (TPSA) is 47.7 Å². The van der Waals surface area contributed by atoms with Gasteiger partial charge in [-0.25, -0.2) is 9.36 Å². The highest BCUT2D eigenvalue weighted by atomic mass is 32.1. The van der Waals surface area contributed by atoms with E-state index in [9.17, 15) is 0 Å². The second-order valence-corrected chi connectivity index (χ2v) is 15.5. The van der Waals surface area contributed by atoms with Crippen molar-refractivity contribution >= 4 is 33.7 Å². The van der Waals surface area contributed by atoms with Gasteiger partial charge in [0.2, 0.25) is 0 Å². The van der Waals surface area contributed by atoms with Crippen molar-refractivity contribution in [2.45, 2.75) is 111 Å². The second kappa shape index (κ2) is 10.1. The molecule has 0 unspecified atom stereocenters. The van der Waals surface area contributed by atoms with Crippen LogP contribution in [0.25, 0.3) is 10.8 Å². The van der Waals surface area contributed by atoms with Crippen LogP contribution >= 0.6 is 12.2 Å². The van der Waals surface area contributed by atoms with E-state index >= 15 is 0 Å². The summed E-state index contributed by atoms with van der Waals surface area (Å²) in [5, 5.41) is 16.5. The van der Waals surface area contributed by atoms with Crippen LogP contribution in [0.5, 0.6) is 0 Å². The van der Waals surface area contributed by atoms with Gasteiger partial charge < -0.3 is 5.32 Å². The predicted molar refractivity (Wildman–Crippen MR) is 174 cm³/mol. The first-order chi connectivity index (χ1) is 18.3. The molecule has 0 fully saturated rings. The number of aromatic nitrogens is 4. The minimum absolute atomic E-state index is 0.117. The number of benzene rings is 2. The highest BCUT2D eigenvalue weighted by Crippen LogP contribution is 2.36. The summed E-state index contributed by atoms with van der Waals surface area (Å²) >= 11 is 6.32. The van der Waals surface area contributed by atoms with Crippen LogP contribution in [-0.2, 0) is 21.7 Å². The zero-order chi connectivity index (χ0) is 29.8. The average molecular weight is 558 g/mol. The molecule has 1 N–H and O–H groups in total. The second-order valence-electron chi connectivity index (χ2n) is 15.1. The Morgan fingerprint density at radius 2 is 1.10 bits per heavy atom. The lowest BCUT2D eigenvalue weighted by Crippen LogP contribution is -2.37. The summed E-state index contributed by atoms with van der Waals surface area (Å²) in [7, 11) is 0. The highest BCUT2D eigenvalue weighted by molar-refractivity contribution is 7.80. The van der Waals surface area contributed by atoms with Crippen LogP contribution in [0.15, 0.2) is 54.6 Å². The van der Waals surface area contributed by atoms with Crippen molar-refractivity contribution < 1.29 is 0 Å². The third-order valence-electron chi connectivity index (χ3n) is 7.29. The molecular weight excluding hydrogens is 510 g/mol. The van der Waals surface area contributed by atoms with Crippen LogP contribution in [0.1, 0.15) is 112 Å². The first-order valence-electron chi connectivity index (χ1n) is 14.3. The summed E-state index contributed by atoms with van der Waals surface area (Å²) in [4.78, 5) is 0.652. The molecule has 2 aromatic carbocycles. The maximum absolute atomic E-state index is 6.32. The number of rotatable bonds is 4. The highest BCUT2D eigenvalue weighted by Gasteiger charge is 2.36. The van der Waals surface area contributed by atoms with E-state index in [1.807, 2.05) is 0 Å². The standard InChI is InChI=1S/C34H47N5S/c1-31(2,3)25-20-27(33(7,8)9)38(36-25)30(39-28(34(10,11)12)21-26(37-39)32(4,5)6)29(40)35-24-19-15-17-22-16-13-14-18-23(22)24/h13-21,30H,1-12H3,(H,35,40). The van der Waals surface area contributed by atoms with Gasteiger partial charge in [0.05, 0.1) is 11.4 Å². The molecule has 0 saturated carbocycles. The molecule has 0 aliphatic rings. The number of nitrogens with one attached hydrogen (secondary N) is 1. The normalized spacial score (nSPS) is 13.3. The molecule has 0 radical (unpaired) electrons. The Bertz CT molecular complexity index is 1450. The van der Waals surface area contributed by atoms with Gasteiger partial charge in [0.25, 0.3) is 0 Å². The van der Waals surface area contributed by atoms with Gasteiger partial charge in [-0.3, -0.25) is 0 Å². The predicted octanol–water partition coefficient (Wildman–Crippen LogP) is 8.91. The number of hydrogen-bond donors (Lipinski definition) is 1. The molecule has 5 nitrogen and oxygen atoms in total. The monoisotopic (exact) mass is 557 g/mol. The van der Waals surface area contributed by atoms with Crippen molar-refractivity contribution in [2.24, 2.45) is 0 Å². The van der Waals surface area contributed by atoms with E-state index in [1.54, 1.807) is 0 Å². The van der Waals surface area contributed by atoms with E-state index < -0.39 is 6.17 Å². The maximum atomic E-state index is 6.32. The zero-order valence-corrected chi connectivity index (χ0v) is 27.3. The minimum Gasteiger partial charge on any atom is -0.346 e. The van der Waals surface area contributed by atoms with Gasteiger partial charge in [-0.05, 0) is 23.6 Å². The fourth-order valence-electron chi connectivity index (χ4n) is 4.87. The Balaban J connectivity index is 2.01. The fraction of sp³-hybridized carbons (Fsp3) is 0.500. The lowest BCUT2D eigenvalue weighted by Gasteiger charge is -2.31. The van der Waals surface area contributed by atoms with Crippen molar-refractivity contribution in [3.05, 3.63) is 77.4 Å². The largest absolute Gasteiger partial charge is 0.346 e. The van der Waals surface area contributed by atoms with Crippen LogP contribution < -0.4 is 5.32 Å². The zero-order valence-electron chi connectivity index (χ0n) is 26.5. The van der Waals surface area contributed by atoms with Gasteiger partial charge in [0.1, 0.15) is 4.99 Å². The van der Waals surface area contributed by atoms with Crippen LogP contribution in [0, 0.1) is 0 Å². The van der Waals surface area contributed by atoms with E-state index in [1.165, 1.54) is 5.39 Å². The summed E-state index contributed by atoms with van der Waals surface area (Å²) in [6.45, 7) is 26.7. The number of thiocarbonyl (C=S) groups is 1. The van der Waals surface area contributed by atoms with Crippen molar-refractivity contribution in [1.82, 2.24) is 19.6 Å². The SMILES string of the molecule is CC(C)(C)c1cc(C(C)(C)C)n(C(C(=S)Nc2cccc3ccccc23)n2nc(C(C)(C)C)cc2C(C)(C)C)n1. The Labute approximate surface area is 246 Å². The van der Waals surface area contributed by atoms with E-state index in [2.05, 4.69) is 152 Å². The summed E-state index contributed by atoms with van der Waals surface area (Å²) in [5.74, 6) is 0. The number of nitrogens with zero attached hydrogens (tertiary/aromatic N) is 4. The molecular formula is C34H47N5S. The van der Waals surface area contributed by atoms with Crippen molar-refractivity contribution in [1.29, 1.82) is 0 Å². The van der Waals surface area contributed by atoms with Crippen molar-refractivity contribution in [3.63, 3.8) is 0 Å². The number of anilines is 1. The minimum atomic E-state index is -0.454. The Morgan fingerprint density at radius 1 is 0.650 bits per heavy atom. The van der Waals surface area contributed by atoms with Crippen molar-refractivity contribution in [3.8, 4) is 0 Å². The third kappa shape index (κ3) is 6.02. The molecule has 0 saturated heterocycles. The van der Waals surface area contributed by atoms with Crippen LogP contribution in [0.2, 0.25) is 0 Å². The molecule has 0 spiro atoms. The number of fused-ring (bicyclic) bond motifs is 1. The van der Waals surface area contributed by atoms with E-state index in [-0.39, 0.29) is 21.7 Å². The molecule has 6 heteroatoms. The molecule has 4 aromatic rings. The Kier molecular flexibility index (Phi) is 7.59. The summed E-state index contributed by atoms with van der Waals surface area (Å²) in [6, 6.07) is 19.2. The van der Waals surface area contributed by atoms with Gasteiger partial charge in [0, 0.05) is 44.1 Å². The molecule has 0 aliphatic carbocycles. The summed E-state index contributed by atoms with van der Waals surface area (Å²) < 4.78 is 4.24. The molecule has 0 amide bonds. The van der Waals surface area contributed by atoms with Crippen LogP contribution in [0.3, 0.4) is 0 Å². The first kappa shape index (κ1) is 30.0. The van der Waals surface area contributed by atoms with E-state index in [0.717, 1.165) is 33.8 Å². The molecule has 40 heavy (non-hydrogen) atoms. The molecule has 0 bridgehead atoms. The Hall–Kier alpha value is -2.99. The van der Waals surface area contributed by atoms with Gasteiger partial charge in [-0.2, -0.15) is 10.2 Å². The van der Waals surface area contributed by atoms with Gasteiger partial charge in [-0.15, -0.1) is 0 Å². The fourth-order valence-corrected chi connectivity index (χ4v) is 5.18. The molecule has 0 atom stereocenters. The first-order valence-corrected chi connectivity index (χ1v) is 14.7. The number of hydrogen-bond acceptors (Lipinski definition) is 3. The smallest absolute Gasteiger partial charge is 0.194 e. The van der Waals surface area contributed by atoms with Gasteiger partial charge in [0.15, 0.2) is 6.17 Å². The molecule has 2 heterocycles. The molecule has 0 aliphatic heterocycles. The van der Waals surface area contributed by atoms with E-state index in [4.69, 9.17) is 22.4 Å². The van der Waals surface area contributed by atoms with Crippen LogP contribution in [-0.4, -0.2) is 24.5 Å². The quantitative estimate of drug-likeness (QED) is 0.255. The lowest BCUT2D eigenvalue weighted by molar-refractivity contribution is 0.372. The molecule has 214 valence electrons. The average Bonchev–Trinajstić information content (AvgIpc) is 3.45. The van der Waals surface area contributed by atoms with Gasteiger partial charge >= 0.3 is 0 Å². The van der Waals surface area contributed by atoms with Gasteiger partial charge in [-0.1, -0.05) is 132 Å². The molecule has 4 rings (SSSR count). The van der Waals surface area contributed by atoms with Crippen molar-refractivity contribution in [2.75, 3.05) is 5.32 Å². The molecule has 2 aromatic heterocycles. The van der Waals surface area contributed by atoms with Crippen LogP contribution in [0.4, 0.5) is 5.69 Å². The Morgan fingerprint density at radius 3 is 1.55 bits per heavy atom. The maximum Gasteiger partial charge on any atom is 0.194 e. The van der Waals surface area contributed by atoms with E-state index in [0.29, 0.717) is 4.99 Å².